The van der Waals surface area contributed by atoms with Crippen LogP contribution in [0.4, 0.5) is 5.69 Å². The highest BCUT2D eigenvalue weighted by molar-refractivity contribution is 6.00. The number of anilines is 1. The second-order valence-electron chi connectivity index (χ2n) is 6.84. The third-order valence-electron chi connectivity index (χ3n) is 5.23. The van der Waals surface area contributed by atoms with E-state index in [0.29, 0.717) is 24.1 Å². The third-order valence-corrected chi connectivity index (χ3v) is 5.23. The molecule has 0 aliphatic carbocycles. The van der Waals surface area contributed by atoms with E-state index in [4.69, 9.17) is 4.74 Å². The first-order valence-corrected chi connectivity index (χ1v) is 9.11. The van der Waals surface area contributed by atoms with Gasteiger partial charge < -0.3 is 20.3 Å². The number of piperidine rings is 2. The topological polar surface area (TPSA) is 70.7 Å². The molecule has 2 amide bonds. The van der Waals surface area contributed by atoms with Crippen molar-refractivity contribution in [2.75, 3.05) is 38.6 Å². The average Bonchev–Trinajstić information content (AvgIpc) is 2.68. The molecule has 0 spiro atoms. The number of rotatable bonds is 4. The number of benzene rings is 1. The Kier molecular flexibility index (Phi) is 5.71. The Morgan fingerprint density at radius 3 is 2.56 bits per heavy atom. The van der Waals surface area contributed by atoms with Gasteiger partial charge in [-0.2, -0.15) is 0 Å². The van der Waals surface area contributed by atoms with Gasteiger partial charge in [-0.3, -0.25) is 9.59 Å². The molecule has 1 aromatic carbocycles. The molecule has 2 saturated heterocycles. The third kappa shape index (κ3) is 4.02. The quantitative estimate of drug-likeness (QED) is 0.876. The molecule has 0 atom stereocenters. The number of hydrogen-bond donors (Lipinski definition) is 2. The lowest BCUT2D eigenvalue weighted by Gasteiger charge is -2.34. The van der Waals surface area contributed by atoms with Crippen LogP contribution in [0, 0.1) is 0 Å². The molecule has 2 aliphatic rings. The summed E-state index contributed by atoms with van der Waals surface area (Å²) < 4.78 is 5.56. The fourth-order valence-electron chi connectivity index (χ4n) is 3.61. The summed E-state index contributed by atoms with van der Waals surface area (Å²) in [5.74, 6) is -0.0989. The van der Waals surface area contributed by atoms with Crippen LogP contribution in [-0.4, -0.2) is 55.6 Å². The van der Waals surface area contributed by atoms with Gasteiger partial charge in [0.25, 0.3) is 11.8 Å². The van der Waals surface area contributed by atoms with Crippen LogP contribution in [0.3, 0.4) is 0 Å². The molecular formula is C19H27N3O3. The minimum Gasteiger partial charge on any atom is -0.368 e. The summed E-state index contributed by atoms with van der Waals surface area (Å²) in [5.41, 5.74) is 0.470. The molecule has 6 heteroatoms. The molecule has 0 unspecified atom stereocenters. The van der Waals surface area contributed by atoms with Crippen LogP contribution >= 0.6 is 0 Å². The Labute approximate surface area is 148 Å². The monoisotopic (exact) mass is 345 g/mol. The van der Waals surface area contributed by atoms with Gasteiger partial charge in [-0.15, -0.1) is 0 Å². The van der Waals surface area contributed by atoms with Crippen molar-refractivity contribution in [3.05, 3.63) is 29.8 Å². The fraction of sp³-hybridized carbons (Fsp3) is 0.579. The van der Waals surface area contributed by atoms with Crippen molar-refractivity contribution >= 4 is 17.5 Å². The molecule has 1 aromatic rings. The van der Waals surface area contributed by atoms with Gasteiger partial charge in [0.2, 0.25) is 0 Å². The summed E-state index contributed by atoms with van der Waals surface area (Å²) in [4.78, 5) is 27.3. The molecular weight excluding hydrogens is 318 g/mol. The van der Waals surface area contributed by atoms with Crippen LogP contribution < -0.4 is 10.6 Å². The molecule has 0 saturated carbocycles. The first kappa shape index (κ1) is 17.9. The number of methoxy groups -OCH3 is 1. The van der Waals surface area contributed by atoms with Crippen LogP contribution in [0.2, 0.25) is 0 Å². The van der Waals surface area contributed by atoms with Crippen LogP contribution in [0.1, 0.15) is 42.5 Å². The maximum absolute atomic E-state index is 12.7. The van der Waals surface area contributed by atoms with Gasteiger partial charge in [0.1, 0.15) is 5.60 Å². The standard InChI is InChI=1S/C19H27N3O3/c1-25-19(8-10-20-11-9-19)18(24)21-16-7-5-6-15(14-16)17(23)22-12-3-2-4-13-22/h5-7,14,20H,2-4,8-13H2,1H3,(H,21,24). The minimum absolute atomic E-state index is 0.0409. The minimum atomic E-state index is -0.794. The lowest BCUT2D eigenvalue weighted by molar-refractivity contribution is -0.140. The Bertz CT molecular complexity index is 620. The zero-order valence-corrected chi connectivity index (χ0v) is 14.8. The predicted octanol–water partition coefficient (Wildman–Crippen LogP) is 2.02. The Morgan fingerprint density at radius 1 is 1.16 bits per heavy atom. The fourth-order valence-corrected chi connectivity index (χ4v) is 3.61. The lowest BCUT2D eigenvalue weighted by Crippen LogP contribution is -2.51. The van der Waals surface area contributed by atoms with Crippen molar-refractivity contribution in [3.63, 3.8) is 0 Å². The summed E-state index contributed by atoms with van der Waals surface area (Å²) >= 11 is 0. The van der Waals surface area contributed by atoms with Crippen LogP contribution in [0.25, 0.3) is 0 Å². The van der Waals surface area contributed by atoms with E-state index >= 15 is 0 Å². The molecule has 6 nitrogen and oxygen atoms in total. The van der Waals surface area contributed by atoms with Crippen LogP contribution in [-0.2, 0) is 9.53 Å². The summed E-state index contributed by atoms with van der Waals surface area (Å²) in [6.45, 7) is 3.15. The SMILES string of the molecule is COC1(C(=O)Nc2cccc(C(=O)N3CCCCC3)c2)CCNCC1. The number of nitrogens with one attached hydrogen (secondary N) is 2. The number of hydrogen-bond acceptors (Lipinski definition) is 4. The molecule has 2 aliphatic heterocycles. The Hall–Kier alpha value is -1.92. The molecule has 0 bridgehead atoms. The number of nitrogens with zero attached hydrogens (tertiary/aromatic N) is 1. The zero-order valence-electron chi connectivity index (χ0n) is 14.8. The normalized spacial score (nSPS) is 20.1. The highest BCUT2D eigenvalue weighted by atomic mass is 16.5. The van der Waals surface area contributed by atoms with E-state index in [1.54, 1.807) is 13.2 Å². The first-order chi connectivity index (χ1) is 12.1. The number of amides is 2. The van der Waals surface area contributed by atoms with Crippen molar-refractivity contribution in [2.45, 2.75) is 37.7 Å². The van der Waals surface area contributed by atoms with Gasteiger partial charge in [0.15, 0.2) is 0 Å². The highest BCUT2D eigenvalue weighted by Crippen LogP contribution is 2.25. The largest absolute Gasteiger partial charge is 0.368 e. The Balaban J connectivity index is 1.70. The van der Waals surface area contributed by atoms with Crippen LogP contribution in [0.5, 0.6) is 0 Å². The maximum Gasteiger partial charge on any atom is 0.256 e. The van der Waals surface area contributed by atoms with E-state index in [0.717, 1.165) is 39.0 Å². The van der Waals surface area contributed by atoms with Crippen molar-refractivity contribution < 1.29 is 14.3 Å². The van der Waals surface area contributed by atoms with Gasteiger partial charge >= 0.3 is 0 Å². The number of likely N-dealkylation sites (tertiary alicyclic amines) is 1. The number of carbonyl (C=O) groups excluding carboxylic acids is 2. The summed E-state index contributed by atoms with van der Waals surface area (Å²) in [6.07, 6.45) is 4.59. The first-order valence-electron chi connectivity index (χ1n) is 9.11. The maximum atomic E-state index is 12.7. The van der Waals surface area contributed by atoms with Gasteiger partial charge in [-0.1, -0.05) is 6.07 Å². The number of ether oxygens (including phenoxy) is 1. The van der Waals surface area contributed by atoms with Gasteiger partial charge in [-0.25, -0.2) is 0 Å². The van der Waals surface area contributed by atoms with E-state index in [2.05, 4.69) is 10.6 Å². The molecule has 2 N–H and O–H groups in total. The molecule has 0 radical (unpaired) electrons. The average molecular weight is 345 g/mol. The van der Waals surface area contributed by atoms with Gasteiger partial charge in [0.05, 0.1) is 0 Å². The van der Waals surface area contributed by atoms with E-state index in [9.17, 15) is 9.59 Å². The highest BCUT2D eigenvalue weighted by Gasteiger charge is 2.39. The van der Waals surface area contributed by atoms with E-state index < -0.39 is 5.60 Å². The van der Waals surface area contributed by atoms with E-state index in [1.807, 2.05) is 23.1 Å². The van der Waals surface area contributed by atoms with Crippen molar-refractivity contribution in [1.29, 1.82) is 0 Å². The van der Waals surface area contributed by atoms with Crippen molar-refractivity contribution in [1.82, 2.24) is 10.2 Å². The van der Waals surface area contributed by atoms with E-state index in [-0.39, 0.29) is 11.8 Å². The predicted molar refractivity (Wildman–Crippen MR) is 96.7 cm³/mol. The van der Waals surface area contributed by atoms with Crippen molar-refractivity contribution in [2.24, 2.45) is 0 Å². The molecule has 136 valence electrons. The summed E-state index contributed by atoms with van der Waals surface area (Å²) in [7, 11) is 1.58. The van der Waals surface area contributed by atoms with Gasteiger partial charge in [0, 0.05) is 31.5 Å². The smallest absolute Gasteiger partial charge is 0.256 e. The molecule has 3 rings (SSSR count). The molecule has 2 fully saturated rings. The van der Waals surface area contributed by atoms with Crippen molar-refractivity contribution in [3.8, 4) is 0 Å². The zero-order chi connectivity index (χ0) is 17.7. The molecule has 0 aromatic heterocycles. The molecule has 25 heavy (non-hydrogen) atoms. The Morgan fingerprint density at radius 2 is 1.88 bits per heavy atom. The second kappa shape index (κ2) is 7.97. The summed E-state index contributed by atoms with van der Waals surface area (Å²) in [6, 6.07) is 7.20. The van der Waals surface area contributed by atoms with Gasteiger partial charge in [-0.05, 0) is 63.4 Å². The lowest BCUT2D eigenvalue weighted by atomic mass is 9.91. The number of carbonyl (C=O) groups is 2. The second-order valence-corrected chi connectivity index (χ2v) is 6.84. The van der Waals surface area contributed by atoms with E-state index in [1.165, 1.54) is 6.42 Å². The summed E-state index contributed by atoms with van der Waals surface area (Å²) in [5, 5.41) is 6.18. The van der Waals surface area contributed by atoms with Crippen LogP contribution in [0.15, 0.2) is 24.3 Å². The molecule has 2 heterocycles.